The first-order chi connectivity index (χ1) is 7.77. The summed E-state index contributed by atoms with van der Waals surface area (Å²) >= 11 is 0. The van der Waals surface area contributed by atoms with Gasteiger partial charge in [0.25, 0.3) is 0 Å². The molecule has 1 saturated carbocycles. The van der Waals surface area contributed by atoms with Crippen molar-refractivity contribution >= 4 is 5.97 Å². The molecule has 0 spiro atoms. The minimum Gasteiger partial charge on any atom is -0.463 e. The van der Waals surface area contributed by atoms with Gasteiger partial charge in [-0.05, 0) is 12.8 Å². The highest BCUT2D eigenvalue weighted by atomic mass is 16.6. The average molecular weight is 230 g/mol. The van der Waals surface area contributed by atoms with Crippen molar-refractivity contribution < 1.29 is 19.0 Å². The van der Waals surface area contributed by atoms with Crippen LogP contribution >= 0.6 is 0 Å². The van der Waals surface area contributed by atoms with Crippen LogP contribution in [0.4, 0.5) is 0 Å². The van der Waals surface area contributed by atoms with E-state index >= 15 is 0 Å². The molecule has 0 aromatic heterocycles. The summed E-state index contributed by atoms with van der Waals surface area (Å²) in [6, 6.07) is 0. The summed E-state index contributed by atoms with van der Waals surface area (Å²) in [5.41, 5.74) is 0. The van der Waals surface area contributed by atoms with Gasteiger partial charge in [-0.15, -0.1) is 0 Å². The van der Waals surface area contributed by atoms with E-state index in [0.29, 0.717) is 19.6 Å². The van der Waals surface area contributed by atoms with Crippen LogP contribution in [0.1, 0.15) is 39.0 Å². The summed E-state index contributed by atoms with van der Waals surface area (Å²) in [7, 11) is 1.73. The molecule has 4 nitrogen and oxygen atoms in total. The zero-order valence-electron chi connectivity index (χ0n) is 10.2. The fourth-order valence-electron chi connectivity index (χ4n) is 1.98. The van der Waals surface area contributed by atoms with Gasteiger partial charge in [-0.3, -0.25) is 4.79 Å². The Bertz CT molecular complexity index is 205. The molecule has 0 aliphatic heterocycles. The van der Waals surface area contributed by atoms with Crippen LogP contribution in [0.2, 0.25) is 0 Å². The topological polar surface area (TPSA) is 44.8 Å². The van der Waals surface area contributed by atoms with Crippen molar-refractivity contribution in [3.63, 3.8) is 0 Å². The first kappa shape index (κ1) is 13.5. The molecular weight excluding hydrogens is 208 g/mol. The van der Waals surface area contributed by atoms with Gasteiger partial charge in [0, 0.05) is 13.5 Å². The molecule has 4 heteroatoms. The lowest BCUT2D eigenvalue weighted by Crippen LogP contribution is -2.34. The Labute approximate surface area is 97.2 Å². The van der Waals surface area contributed by atoms with Gasteiger partial charge in [-0.1, -0.05) is 19.8 Å². The predicted molar refractivity (Wildman–Crippen MR) is 60.3 cm³/mol. The van der Waals surface area contributed by atoms with Gasteiger partial charge >= 0.3 is 5.97 Å². The molecule has 0 heterocycles. The SMILES string of the molecule is CCC(=O)OCCOC1CCCCC1OC. The number of methoxy groups -OCH3 is 1. The quantitative estimate of drug-likeness (QED) is 0.516. The van der Waals surface area contributed by atoms with Crippen LogP contribution < -0.4 is 0 Å². The summed E-state index contributed by atoms with van der Waals surface area (Å²) in [6.07, 6.45) is 5.30. The molecule has 2 unspecified atom stereocenters. The Morgan fingerprint density at radius 2 is 1.88 bits per heavy atom. The molecule has 0 amide bonds. The Balaban J connectivity index is 2.13. The molecule has 0 N–H and O–H groups in total. The maximum absolute atomic E-state index is 10.9. The maximum atomic E-state index is 10.9. The van der Waals surface area contributed by atoms with Crippen molar-refractivity contribution in [3.05, 3.63) is 0 Å². The second kappa shape index (κ2) is 7.63. The minimum atomic E-state index is -0.171. The van der Waals surface area contributed by atoms with E-state index < -0.39 is 0 Å². The van der Waals surface area contributed by atoms with Crippen molar-refractivity contribution in [1.29, 1.82) is 0 Å². The van der Waals surface area contributed by atoms with E-state index in [-0.39, 0.29) is 18.2 Å². The van der Waals surface area contributed by atoms with Gasteiger partial charge in [-0.25, -0.2) is 0 Å². The number of hydrogen-bond donors (Lipinski definition) is 0. The third-order valence-electron chi connectivity index (χ3n) is 2.91. The fourth-order valence-corrected chi connectivity index (χ4v) is 1.98. The first-order valence-electron chi connectivity index (χ1n) is 6.08. The minimum absolute atomic E-state index is 0.166. The summed E-state index contributed by atoms with van der Waals surface area (Å²) in [5, 5.41) is 0. The molecule has 0 bridgehead atoms. The van der Waals surface area contributed by atoms with Crippen molar-refractivity contribution in [1.82, 2.24) is 0 Å². The summed E-state index contributed by atoms with van der Waals surface area (Å²) in [4.78, 5) is 10.9. The third kappa shape index (κ3) is 4.49. The van der Waals surface area contributed by atoms with E-state index in [1.165, 1.54) is 12.8 Å². The molecule has 0 aromatic rings. The molecule has 16 heavy (non-hydrogen) atoms. The van der Waals surface area contributed by atoms with Gasteiger partial charge < -0.3 is 14.2 Å². The van der Waals surface area contributed by atoms with E-state index in [4.69, 9.17) is 14.2 Å². The van der Waals surface area contributed by atoms with Gasteiger partial charge in [0.15, 0.2) is 0 Å². The molecule has 1 aliphatic carbocycles. The molecule has 2 atom stereocenters. The first-order valence-corrected chi connectivity index (χ1v) is 6.08. The predicted octanol–water partition coefficient (Wildman–Crippen LogP) is 1.91. The summed E-state index contributed by atoms with van der Waals surface area (Å²) in [5.74, 6) is -0.171. The van der Waals surface area contributed by atoms with Gasteiger partial charge in [0.2, 0.25) is 0 Å². The number of carbonyl (C=O) groups excluding carboxylic acids is 1. The number of hydrogen-bond acceptors (Lipinski definition) is 4. The monoisotopic (exact) mass is 230 g/mol. The lowest BCUT2D eigenvalue weighted by Gasteiger charge is -2.30. The summed E-state index contributed by atoms with van der Waals surface area (Å²) < 4.78 is 16.0. The van der Waals surface area contributed by atoms with Gasteiger partial charge in [-0.2, -0.15) is 0 Å². The zero-order valence-corrected chi connectivity index (χ0v) is 10.2. The molecule has 1 rings (SSSR count). The Kier molecular flexibility index (Phi) is 6.42. The van der Waals surface area contributed by atoms with Crippen LogP contribution in [-0.4, -0.2) is 38.5 Å². The maximum Gasteiger partial charge on any atom is 0.305 e. The Hall–Kier alpha value is -0.610. The normalized spacial score (nSPS) is 25.4. The van der Waals surface area contributed by atoms with Crippen LogP contribution in [0.5, 0.6) is 0 Å². The van der Waals surface area contributed by atoms with Gasteiger partial charge in [0.05, 0.1) is 18.8 Å². The van der Waals surface area contributed by atoms with Crippen LogP contribution in [-0.2, 0) is 19.0 Å². The smallest absolute Gasteiger partial charge is 0.305 e. The van der Waals surface area contributed by atoms with Crippen molar-refractivity contribution in [2.75, 3.05) is 20.3 Å². The molecule has 1 aliphatic rings. The average Bonchev–Trinajstić information content (AvgIpc) is 2.34. The standard InChI is InChI=1S/C12H22O4/c1-3-12(13)16-9-8-15-11-7-5-4-6-10(11)14-2/h10-11H,3-9H2,1-2H3. The van der Waals surface area contributed by atoms with Gasteiger partial charge in [0.1, 0.15) is 6.61 Å². The van der Waals surface area contributed by atoms with Crippen molar-refractivity contribution in [2.45, 2.75) is 51.2 Å². The lowest BCUT2D eigenvalue weighted by molar-refractivity contribution is -0.147. The van der Waals surface area contributed by atoms with E-state index in [2.05, 4.69) is 0 Å². The van der Waals surface area contributed by atoms with Crippen LogP contribution in [0, 0.1) is 0 Å². The molecular formula is C12H22O4. The highest BCUT2D eigenvalue weighted by Gasteiger charge is 2.25. The number of esters is 1. The highest BCUT2D eigenvalue weighted by Crippen LogP contribution is 2.23. The molecule has 1 fully saturated rings. The van der Waals surface area contributed by atoms with Crippen LogP contribution in [0.3, 0.4) is 0 Å². The molecule has 94 valence electrons. The van der Waals surface area contributed by atoms with E-state index in [1.54, 1.807) is 14.0 Å². The van der Waals surface area contributed by atoms with E-state index in [9.17, 15) is 4.79 Å². The molecule has 0 saturated heterocycles. The Morgan fingerprint density at radius 1 is 1.19 bits per heavy atom. The summed E-state index contributed by atoms with van der Waals surface area (Å²) in [6.45, 7) is 2.60. The lowest BCUT2D eigenvalue weighted by atomic mass is 9.94. The highest BCUT2D eigenvalue weighted by molar-refractivity contribution is 5.68. The van der Waals surface area contributed by atoms with Crippen molar-refractivity contribution in [3.8, 4) is 0 Å². The Morgan fingerprint density at radius 3 is 2.50 bits per heavy atom. The fraction of sp³-hybridized carbons (Fsp3) is 0.917. The largest absolute Gasteiger partial charge is 0.463 e. The van der Waals surface area contributed by atoms with E-state index in [0.717, 1.165) is 12.8 Å². The van der Waals surface area contributed by atoms with Crippen LogP contribution in [0.25, 0.3) is 0 Å². The third-order valence-corrected chi connectivity index (χ3v) is 2.91. The van der Waals surface area contributed by atoms with Crippen LogP contribution in [0.15, 0.2) is 0 Å². The number of carbonyl (C=O) groups is 1. The van der Waals surface area contributed by atoms with E-state index in [1.807, 2.05) is 0 Å². The number of ether oxygens (including phenoxy) is 3. The second-order valence-electron chi connectivity index (χ2n) is 4.04. The molecule has 0 aromatic carbocycles. The molecule has 0 radical (unpaired) electrons. The zero-order chi connectivity index (χ0) is 11.8. The number of rotatable bonds is 6. The second-order valence-corrected chi connectivity index (χ2v) is 4.04. The van der Waals surface area contributed by atoms with Crippen molar-refractivity contribution in [2.24, 2.45) is 0 Å².